The molecule has 1 aliphatic rings. The number of hydrogen-bond donors (Lipinski definition) is 1. The van der Waals surface area contributed by atoms with Crippen molar-refractivity contribution in [3.8, 4) is 0 Å². The number of nitrogens with zero attached hydrogens (tertiary/aromatic N) is 1. The number of rotatable bonds is 7. The highest BCUT2D eigenvalue weighted by molar-refractivity contribution is 7.92. The Kier molecular flexibility index (Phi) is 6.46. The SMILES string of the molecule is CC[C@@H](C)N([C@@H]1CCS(=O)(=O)C1)S(=O)(=O)c1ccc(CNC(C)=O)cc1. The second-order valence-corrected chi connectivity index (χ2v) is 10.8. The van der Waals surface area contributed by atoms with Gasteiger partial charge in [0.05, 0.1) is 16.4 Å². The Morgan fingerprint density at radius 1 is 1.31 bits per heavy atom. The van der Waals surface area contributed by atoms with Crippen LogP contribution < -0.4 is 5.32 Å². The molecule has 0 unspecified atom stereocenters. The van der Waals surface area contributed by atoms with Crippen molar-refractivity contribution in [1.29, 1.82) is 0 Å². The molecule has 1 aromatic rings. The Morgan fingerprint density at radius 2 is 1.92 bits per heavy atom. The zero-order valence-electron chi connectivity index (χ0n) is 15.3. The summed E-state index contributed by atoms with van der Waals surface area (Å²) in [5.74, 6) is -0.264. The van der Waals surface area contributed by atoms with Crippen LogP contribution in [0.3, 0.4) is 0 Å². The quantitative estimate of drug-likeness (QED) is 0.741. The predicted molar refractivity (Wildman–Crippen MR) is 99.8 cm³/mol. The molecule has 1 amide bonds. The fourth-order valence-electron chi connectivity index (χ4n) is 3.08. The van der Waals surface area contributed by atoms with Crippen molar-refractivity contribution in [3.05, 3.63) is 29.8 Å². The van der Waals surface area contributed by atoms with E-state index in [1.54, 1.807) is 19.1 Å². The Labute approximate surface area is 155 Å². The van der Waals surface area contributed by atoms with Crippen LogP contribution in [-0.4, -0.2) is 50.6 Å². The molecule has 1 aliphatic heterocycles. The molecule has 1 aromatic carbocycles. The first-order chi connectivity index (χ1) is 12.1. The average molecular weight is 403 g/mol. The smallest absolute Gasteiger partial charge is 0.243 e. The molecular weight excluding hydrogens is 376 g/mol. The average Bonchev–Trinajstić information content (AvgIpc) is 2.92. The lowest BCUT2D eigenvalue weighted by Gasteiger charge is -2.32. The van der Waals surface area contributed by atoms with E-state index in [9.17, 15) is 21.6 Å². The minimum atomic E-state index is -3.81. The van der Waals surface area contributed by atoms with E-state index in [2.05, 4.69) is 5.32 Å². The fourth-order valence-corrected chi connectivity index (χ4v) is 6.80. The summed E-state index contributed by atoms with van der Waals surface area (Å²) in [6.45, 7) is 5.42. The minimum Gasteiger partial charge on any atom is -0.352 e. The van der Waals surface area contributed by atoms with Gasteiger partial charge in [-0.3, -0.25) is 4.79 Å². The molecule has 26 heavy (non-hydrogen) atoms. The Hall–Kier alpha value is -1.45. The third kappa shape index (κ3) is 4.83. The number of benzene rings is 1. The highest BCUT2D eigenvalue weighted by Crippen LogP contribution is 2.28. The molecule has 1 N–H and O–H groups in total. The van der Waals surface area contributed by atoms with Crippen LogP contribution in [0.15, 0.2) is 29.2 Å². The van der Waals surface area contributed by atoms with E-state index in [-0.39, 0.29) is 28.4 Å². The van der Waals surface area contributed by atoms with Gasteiger partial charge in [-0.1, -0.05) is 19.1 Å². The maximum Gasteiger partial charge on any atom is 0.243 e. The van der Waals surface area contributed by atoms with Crippen molar-refractivity contribution in [2.75, 3.05) is 11.5 Å². The van der Waals surface area contributed by atoms with Crippen molar-refractivity contribution < 1.29 is 21.6 Å². The van der Waals surface area contributed by atoms with Crippen molar-refractivity contribution in [3.63, 3.8) is 0 Å². The summed E-state index contributed by atoms with van der Waals surface area (Å²) in [4.78, 5) is 11.1. The number of amides is 1. The molecule has 0 bridgehead atoms. The van der Waals surface area contributed by atoms with Gasteiger partial charge in [-0.25, -0.2) is 16.8 Å². The highest BCUT2D eigenvalue weighted by atomic mass is 32.2. The van der Waals surface area contributed by atoms with Gasteiger partial charge in [-0.05, 0) is 37.5 Å². The van der Waals surface area contributed by atoms with Gasteiger partial charge in [0.25, 0.3) is 0 Å². The predicted octanol–water partition coefficient (Wildman–Crippen LogP) is 1.30. The van der Waals surface area contributed by atoms with E-state index < -0.39 is 25.9 Å². The molecule has 9 heteroatoms. The first-order valence-corrected chi connectivity index (χ1v) is 11.9. The molecular formula is C17H26N2O5S2. The molecule has 0 spiro atoms. The number of sulfone groups is 1. The molecule has 2 rings (SSSR count). The zero-order chi connectivity index (χ0) is 19.5. The minimum absolute atomic E-state index is 0.0236. The maximum absolute atomic E-state index is 13.2. The molecule has 0 aliphatic carbocycles. The van der Waals surface area contributed by atoms with Gasteiger partial charge >= 0.3 is 0 Å². The third-order valence-corrected chi connectivity index (χ3v) is 8.47. The highest BCUT2D eigenvalue weighted by Gasteiger charge is 2.40. The second-order valence-electron chi connectivity index (χ2n) is 6.70. The first kappa shape index (κ1) is 20.9. The Morgan fingerprint density at radius 3 is 2.38 bits per heavy atom. The van der Waals surface area contributed by atoms with E-state index in [4.69, 9.17) is 0 Å². The zero-order valence-corrected chi connectivity index (χ0v) is 16.9. The van der Waals surface area contributed by atoms with Crippen LogP contribution in [-0.2, 0) is 31.2 Å². The van der Waals surface area contributed by atoms with Crippen molar-refractivity contribution >= 4 is 25.8 Å². The third-order valence-electron chi connectivity index (χ3n) is 4.63. The summed E-state index contributed by atoms with van der Waals surface area (Å²) in [6.07, 6.45) is 0.920. The normalized spacial score (nSPS) is 20.8. The number of hydrogen-bond acceptors (Lipinski definition) is 5. The molecule has 0 aromatic heterocycles. The topological polar surface area (TPSA) is 101 Å². The lowest BCUT2D eigenvalue weighted by atomic mass is 10.2. The van der Waals surface area contributed by atoms with Gasteiger partial charge in [0.1, 0.15) is 0 Å². The largest absolute Gasteiger partial charge is 0.352 e. The number of sulfonamides is 1. The monoisotopic (exact) mass is 402 g/mol. The van der Waals surface area contributed by atoms with Crippen molar-refractivity contribution in [1.82, 2.24) is 9.62 Å². The molecule has 7 nitrogen and oxygen atoms in total. The molecule has 2 atom stereocenters. The summed E-state index contributed by atoms with van der Waals surface area (Å²) < 4.78 is 51.4. The summed E-state index contributed by atoms with van der Waals surface area (Å²) in [7, 11) is -7.01. The standard InChI is InChI=1S/C17H26N2O5S2/c1-4-13(2)19(16-9-10-25(21,22)12-16)26(23,24)17-7-5-15(6-8-17)11-18-14(3)20/h5-8,13,16H,4,9-12H2,1-3H3,(H,18,20)/t13-,16-/m1/s1. The maximum atomic E-state index is 13.2. The van der Waals surface area contributed by atoms with Gasteiger partial charge in [-0.2, -0.15) is 4.31 Å². The Balaban J connectivity index is 2.30. The van der Waals surface area contributed by atoms with Crippen LogP contribution in [0.25, 0.3) is 0 Å². The summed E-state index contributed by atoms with van der Waals surface area (Å²) in [6, 6.07) is 5.50. The summed E-state index contributed by atoms with van der Waals surface area (Å²) in [5, 5.41) is 2.66. The van der Waals surface area contributed by atoms with Crippen LogP contribution in [0, 0.1) is 0 Å². The number of carbonyl (C=O) groups excluding carboxylic acids is 1. The fraction of sp³-hybridized carbons (Fsp3) is 0.588. The lowest BCUT2D eigenvalue weighted by molar-refractivity contribution is -0.119. The van der Waals surface area contributed by atoms with Gasteiger partial charge in [0.2, 0.25) is 15.9 Å². The van der Waals surface area contributed by atoms with Gasteiger partial charge in [-0.15, -0.1) is 0 Å². The van der Waals surface area contributed by atoms with Crippen molar-refractivity contribution in [2.24, 2.45) is 0 Å². The number of nitrogens with one attached hydrogen (secondary N) is 1. The molecule has 146 valence electrons. The van der Waals surface area contributed by atoms with E-state index in [1.165, 1.54) is 23.4 Å². The molecule has 0 saturated carbocycles. The van der Waals surface area contributed by atoms with Crippen molar-refractivity contribution in [2.45, 2.75) is 57.1 Å². The molecule has 1 heterocycles. The lowest BCUT2D eigenvalue weighted by Crippen LogP contribution is -2.46. The molecule has 1 fully saturated rings. The van der Waals surface area contributed by atoms with Crippen LogP contribution in [0.1, 0.15) is 39.2 Å². The van der Waals surface area contributed by atoms with Crippen LogP contribution in [0.5, 0.6) is 0 Å². The van der Waals surface area contributed by atoms with E-state index in [1.807, 2.05) is 6.92 Å². The molecule has 0 radical (unpaired) electrons. The van der Waals surface area contributed by atoms with E-state index in [0.717, 1.165) is 5.56 Å². The summed E-state index contributed by atoms with van der Waals surface area (Å²) in [5.41, 5.74) is 0.790. The van der Waals surface area contributed by atoms with Gasteiger partial charge in [0, 0.05) is 25.6 Å². The van der Waals surface area contributed by atoms with Crippen LogP contribution >= 0.6 is 0 Å². The van der Waals surface area contributed by atoms with Crippen LogP contribution in [0.4, 0.5) is 0 Å². The summed E-state index contributed by atoms with van der Waals surface area (Å²) >= 11 is 0. The molecule has 1 saturated heterocycles. The number of carbonyl (C=O) groups is 1. The first-order valence-electron chi connectivity index (χ1n) is 8.64. The Bertz CT molecular complexity index is 848. The van der Waals surface area contributed by atoms with E-state index >= 15 is 0 Å². The van der Waals surface area contributed by atoms with E-state index in [0.29, 0.717) is 19.4 Å². The second kappa shape index (κ2) is 8.06. The van der Waals surface area contributed by atoms with Crippen LogP contribution in [0.2, 0.25) is 0 Å². The van der Waals surface area contributed by atoms with Gasteiger partial charge < -0.3 is 5.32 Å². The van der Waals surface area contributed by atoms with Gasteiger partial charge in [0.15, 0.2) is 9.84 Å².